The zero-order chi connectivity index (χ0) is 19.1. The molecule has 0 spiro atoms. The Balaban J connectivity index is 1.85. The highest BCUT2D eigenvalue weighted by Gasteiger charge is 2.34. The molecule has 26 heavy (non-hydrogen) atoms. The summed E-state index contributed by atoms with van der Waals surface area (Å²) in [5, 5.41) is 11.0. The van der Waals surface area contributed by atoms with Crippen LogP contribution in [0.1, 0.15) is 68.7 Å². The number of aromatic nitrogens is 3. The van der Waals surface area contributed by atoms with Gasteiger partial charge in [0.05, 0.1) is 17.8 Å². The van der Waals surface area contributed by atoms with Crippen LogP contribution in [-0.4, -0.2) is 27.2 Å². The zero-order valence-electron chi connectivity index (χ0n) is 16.6. The molecular formula is C20H29N5O. The number of amides is 1. The number of carbonyl (C=O) groups is 1. The first-order valence-electron chi connectivity index (χ1n) is 9.16. The second-order valence-electron chi connectivity index (χ2n) is 8.72. The number of nitrogens with zero attached hydrogens (tertiary/aromatic N) is 3. The van der Waals surface area contributed by atoms with Gasteiger partial charge in [-0.05, 0) is 44.2 Å². The van der Waals surface area contributed by atoms with Gasteiger partial charge in [0.15, 0.2) is 0 Å². The van der Waals surface area contributed by atoms with Gasteiger partial charge in [-0.25, -0.2) is 4.68 Å². The predicted octanol–water partition coefficient (Wildman–Crippen LogP) is 3.65. The molecule has 3 rings (SSSR count). The number of fused-ring (bicyclic) bond motifs is 1. The van der Waals surface area contributed by atoms with Gasteiger partial charge in [0.1, 0.15) is 11.4 Å². The number of hydrogen-bond acceptors (Lipinski definition) is 4. The molecular weight excluding hydrogens is 326 g/mol. The fraction of sp³-hybridized carbons (Fsp3) is 0.550. The normalized spacial score (nSPS) is 17.4. The Hall–Kier alpha value is -2.37. The largest absolute Gasteiger partial charge is 0.370 e. The summed E-state index contributed by atoms with van der Waals surface area (Å²) in [6.45, 7) is 13.4. The minimum atomic E-state index is -0.523. The Labute approximate surface area is 155 Å². The lowest BCUT2D eigenvalue weighted by atomic mass is 9.84. The van der Waals surface area contributed by atoms with Crippen LogP contribution < -0.4 is 10.6 Å². The van der Waals surface area contributed by atoms with Gasteiger partial charge >= 0.3 is 0 Å². The van der Waals surface area contributed by atoms with Crippen molar-refractivity contribution in [2.75, 3.05) is 11.9 Å². The summed E-state index contributed by atoms with van der Waals surface area (Å²) < 4.78 is 1.97. The number of aryl methyl sites for hydroxylation is 1. The molecule has 3 heterocycles. The van der Waals surface area contributed by atoms with E-state index in [1.54, 1.807) is 6.20 Å². The van der Waals surface area contributed by atoms with Crippen molar-refractivity contribution in [3.05, 3.63) is 41.3 Å². The molecule has 1 amide bonds. The highest BCUT2D eigenvalue weighted by Crippen LogP contribution is 2.38. The molecule has 0 radical (unpaired) electrons. The summed E-state index contributed by atoms with van der Waals surface area (Å²) in [6, 6.07) is 4.24. The Morgan fingerprint density at radius 3 is 2.58 bits per heavy atom. The molecule has 1 atom stereocenters. The Kier molecular flexibility index (Phi) is 4.54. The summed E-state index contributed by atoms with van der Waals surface area (Å²) in [6.07, 6.45) is 4.49. The monoisotopic (exact) mass is 355 g/mol. The molecule has 140 valence electrons. The van der Waals surface area contributed by atoms with Gasteiger partial charge in [0.25, 0.3) is 5.91 Å². The van der Waals surface area contributed by atoms with Crippen molar-refractivity contribution in [1.29, 1.82) is 0 Å². The summed E-state index contributed by atoms with van der Waals surface area (Å²) in [4.78, 5) is 17.3. The van der Waals surface area contributed by atoms with E-state index >= 15 is 0 Å². The maximum absolute atomic E-state index is 13.0. The minimum absolute atomic E-state index is 0.0868. The first-order valence-corrected chi connectivity index (χ1v) is 9.16. The van der Waals surface area contributed by atoms with Gasteiger partial charge < -0.3 is 10.6 Å². The second kappa shape index (κ2) is 6.41. The molecule has 0 aromatic carbocycles. The number of anilines is 1. The second-order valence-corrected chi connectivity index (χ2v) is 8.72. The van der Waals surface area contributed by atoms with Crippen molar-refractivity contribution < 1.29 is 4.79 Å². The van der Waals surface area contributed by atoms with Gasteiger partial charge in [0.2, 0.25) is 0 Å². The van der Waals surface area contributed by atoms with Crippen LogP contribution in [0.3, 0.4) is 0 Å². The van der Waals surface area contributed by atoms with Crippen LogP contribution in [0.15, 0.2) is 24.5 Å². The number of rotatable bonds is 3. The van der Waals surface area contributed by atoms with E-state index in [9.17, 15) is 4.79 Å². The molecule has 6 nitrogen and oxygen atoms in total. The van der Waals surface area contributed by atoms with Gasteiger partial charge in [-0.3, -0.25) is 9.78 Å². The molecule has 0 bridgehead atoms. The zero-order valence-corrected chi connectivity index (χ0v) is 16.6. The maximum Gasteiger partial charge on any atom is 0.257 e. The standard InChI is InChI=1S/C20H29N5O/c1-13-7-8-14(11-22-13)20(5,6)24-18(26)15-12-23-25-16(19(2,3)4)9-10-21-17(15)25/h7-8,11-12,16,21H,9-10H2,1-6H3,(H,24,26). The topological polar surface area (TPSA) is 71.8 Å². The van der Waals surface area contributed by atoms with E-state index in [2.05, 4.69) is 41.5 Å². The lowest BCUT2D eigenvalue weighted by Crippen LogP contribution is -2.41. The predicted molar refractivity (Wildman–Crippen MR) is 103 cm³/mol. The van der Waals surface area contributed by atoms with Gasteiger partial charge in [0, 0.05) is 18.4 Å². The van der Waals surface area contributed by atoms with Crippen LogP contribution >= 0.6 is 0 Å². The van der Waals surface area contributed by atoms with Gasteiger partial charge in [-0.15, -0.1) is 0 Å². The van der Waals surface area contributed by atoms with Crippen molar-refractivity contribution in [3.63, 3.8) is 0 Å². The average Bonchev–Trinajstić information content (AvgIpc) is 2.97. The lowest BCUT2D eigenvalue weighted by molar-refractivity contribution is 0.0912. The molecule has 1 aliphatic heterocycles. The summed E-state index contributed by atoms with van der Waals surface area (Å²) >= 11 is 0. The van der Waals surface area contributed by atoms with Crippen molar-refractivity contribution in [2.45, 2.75) is 59.5 Å². The number of nitrogens with one attached hydrogen (secondary N) is 2. The average molecular weight is 355 g/mol. The van der Waals surface area contributed by atoms with E-state index in [0.29, 0.717) is 5.56 Å². The van der Waals surface area contributed by atoms with Crippen molar-refractivity contribution in [2.24, 2.45) is 5.41 Å². The van der Waals surface area contributed by atoms with E-state index in [1.807, 2.05) is 43.8 Å². The number of carbonyl (C=O) groups excluding carboxylic acids is 1. The molecule has 0 aliphatic carbocycles. The number of pyridine rings is 1. The first-order chi connectivity index (χ1) is 12.1. The molecule has 0 fully saturated rings. The van der Waals surface area contributed by atoms with E-state index in [1.165, 1.54) is 0 Å². The third-order valence-electron chi connectivity index (χ3n) is 5.10. The smallest absolute Gasteiger partial charge is 0.257 e. The fourth-order valence-corrected chi connectivity index (χ4v) is 3.45. The molecule has 2 aromatic rings. The Morgan fingerprint density at radius 1 is 1.23 bits per heavy atom. The summed E-state index contributed by atoms with van der Waals surface area (Å²) in [5.74, 6) is 0.686. The highest BCUT2D eigenvalue weighted by atomic mass is 16.1. The molecule has 0 saturated carbocycles. The molecule has 1 aliphatic rings. The van der Waals surface area contributed by atoms with Crippen LogP contribution in [0, 0.1) is 12.3 Å². The molecule has 2 aromatic heterocycles. The molecule has 1 unspecified atom stereocenters. The van der Waals surface area contributed by atoms with Crippen molar-refractivity contribution in [1.82, 2.24) is 20.1 Å². The van der Waals surface area contributed by atoms with Crippen LogP contribution in [-0.2, 0) is 5.54 Å². The number of hydrogen-bond donors (Lipinski definition) is 2. The molecule has 2 N–H and O–H groups in total. The van der Waals surface area contributed by atoms with Crippen LogP contribution in [0.2, 0.25) is 0 Å². The highest BCUT2D eigenvalue weighted by molar-refractivity contribution is 5.99. The van der Waals surface area contributed by atoms with E-state index < -0.39 is 5.54 Å². The van der Waals surface area contributed by atoms with Crippen molar-refractivity contribution >= 4 is 11.7 Å². The minimum Gasteiger partial charge on any atom is -0.370 e. The van der Waals surface area contributed by atoms with E-state index in [4.69, 9.17) is 0 Å². The SMILES string of the molecule is Cc1ccc(C(C)(C)NC(=O)c2cnn3c2NCCC3C(C)(C)C)cn1. The van der Waals surface area contributed by atoms with Crippen LogP contribution in [0.4, 0.5) is 5.82 Å². The van der Waals surface area contributed by atoms with Crippen molar-refractivity contribution in [3.8, 4) is 0 Å². The quantitative estimate of drug-likeness (QED) is 0.881. The maximum atomic E-state index is 13.0. The third kappa shape index (κ3) is 3.45. The molecule has 6 heteroatoms. The van der Waals surface area contributed by atoms with Gasteiger partial charge in [-0.2, -0.15) is 5.10 Å². The lowest BCUT2D eigenvalue weighted by Gasteiger charge is -2.35. The summed E-state index contributed by atoms with van der Waals surface area (Å²) in [5.41, 5.74) is 2.08. The third-order valence-corrected chi connectivity index (χ3v) is 5.10. The molecule has 0 saturated heterocycles. The van der Waals surface area contributed by atoms with Gasteiger partial charge in [-0.1, -0.05) is 26.8 Å². The van der Waals surface area contributed by atoms with Crippen LogP contribution in [0.25, 0.3) is 0 Å². The first kappa shape index (κ1) is 18.4. The Bertz CT molecular complexity index is 799. The van der Waals surface area contributed by atoms with E-state index in [-0.39, 0.29) is 17.4 Å². The fourth-order valence-electron chi connectivity index (χ4n) is 3.45. The Morgan fingerprint density at radius 2 is 1.96 bits per heavy atom. The summed E-state index contributed by atoms with van der Waals surface area (Å²) in [7, 11) is 0. The van der Waals surface area contributed by atoms with Crippen LogP contribution in [0.5, 0.6) is 0 Å². The van der Waals surface area contributed by atoms with E-state index in [0.717, 1.165) is 30.0 Å².